The third-order valence-corrected chi connectivity index (χ3v) is 8.85. The van der Waals surface area contributed by atoms with Gasteiger partial charge in [-0.05, 0) is 47.4 Å². The van der Waals surface area contributed by atoms with Crippen molar-refractivity contribution in [3.05, 3.63) is 137 Å². The summed E-state index contributed by atoms with van der Waals surface area (Å²) < 4.78 is 29.3. The maximum absolute atomic E-state index is 14.1. The number of nitrogens with zero attached hydrogens (tertiary/aromatic N) is 2. The summed E-state index contributed by atoms with van der Waals surface area (Å²) >= 11 is 0. The first kappa shape index (κ1) is 23.3. The maximum atomic E-state index is 14.1. The predicted octanol–water partition coefficient (Wildman–Crippen LogP) is 6.17. The molecule has 1 saturated heterocycles. The minimum atomic E-state index is -4.18. The Bertz CT molecular complexity index is 1600. The Morgan fingerprint density at radius 3 is 2.08 bits per heavy atom. The highest BCUT2D eigenvalue weighted by Crippen LogP contribution is 2.51. The second kappa shape index (κ2) is 9.05. The van der Waals surface area contributed by atoms with Crippen LogP contribution in [0.25, 0.3) is 11.8 Å². The fourth-order valence-electron chi connectivity index (χ4n) is 5.39. The lowest BCUT2D eigenvalue weighted by molar-refractivity contribution is -0.142. The zero-order valence-electron chi connectivity index (χ0n) is 20.4. The number of carbonyl (C=O) groups is 1. The fraction of sp³-hybridized carbons (Fsp3) is 0.129. The molecule has 1 unspecified atom stereocenters. The molecule has 1 amide bonds. The van der Waals surface area contributed by atoms with Crippen molar-refractivity contribution in [3.63, 3.8) is 0 Å². The smallest absolute Gasteiger partial charge is 0.272 e. The van der Waals surface area contributed by atoms with Crippen molar-refractivity contribution in [2.75, 3.05) is 0 Å². The minimum Gasteiger partial charge on any atom is -0.272 e. The lowest BCUT2D eigenvalue weighted by atomic mass is 9.79. The zero-order valence-corrected chi connectivity index (χ0v) is 21.2. The first-order valence-electron chi connectivity index (χ1n) is 12.3. The molecule has 0 aliphatic carbocycles. The van der Waals surface area contributed by atoms with Gasteiger partial charge < -0.3 is 0 Å². The average Bonchev–Trinajstić information content (AvgIpc) is 2.93. The third kappa shape index (κ3) is 3.94. The SMILES string of the molecule is Cc1ccc(S(=O)(=O)N2C(=O)C[C@H](c3ccccc3)C3c4ccccc4C=C(c4ccccc4)N32)cc1. The lowest BCUT2D eigenvalue weighted by Crippen LogP contribution is -2.56. The van der Waals surface area contributed by atoms with Gasteiger partial charge in [-0.15, -0.1) is 4.41 Å². The van der Waals surface area contributed by atoms with E-state index in [-0.39, 0.29) is 17.2 Å². The molecule has 2 atom stereocenters. The number of hydrogen-bond donors (Lipinski definition) is 0. The molecule has 184 valence electrons. The highest BCUT2D eigenvalue weighted by molar-refractivity contribution is 7.89. The Morgan fingerprint density at radius 2 is 1.38 bits per heavy atom. The van der Waals surface area contributed by atoms with Crippen molar-refractivity contribution in [2.45, 2.75) is 30.2 Å². The summed E-state index contributed by atoms with van der Waals surface area (Å²) in [4.78, 5) is 14.0. The van der Waals surface area contributed by atoms with Crippen LogP contribution in [-0.2, 0) is 14.8 Å². The van der Waals surface area contributed by atoms with Crippen LogP contribution < -0.4 is 0 Å². The highest BCUT2D eigenvalue weighted by atomic mass is 32.2. The van der Waals surface area contributed by atoms with E-state index in [0.717, 1.165) is 32.2 Å². The molecule has 0 radical (unpaired) electrons. The van der Waals surface area contributed by atoms with Gasteiger partial charge in [0.15, 0.2) is 0 Å². The second-order valence-corrected chi connectivity index (χ2v) is 11.3. The normalized spacial score (nSPS) is 19.2. The van der Waals surface area contributed by atoms with Gasteiger partial charge in [0.2, 0.25) is 0 Å². The molecule has 0 saturated carbocycles. The van der Waals surface area contributed by atoms with E-state index in [4.69, 9.17) is 0 Å². The predicted molar refractivity (Wildman–Crippen MR) is 144 cm³/mol. The molecule has 37 heavy (non-hydrogen) atoms. The van der Waals surface area contributed by atoms with Gasteiger partial charge in [-0.25, -0.2) is 0 Å². The van der Waals surface area contributed by atoms with Crippen molar-refractivity contribution >= 4 is 27.7 Å². The zero-order chi connectivity index (χ0) is 25.6. The topological polar surface area (TPSA) is 57.7 Å². The summed E-state index contributed by atoms with van der Waals surface area (Å²) in [5, 5.41) is 1.72. The first-order chi connectivity index (χ1) is 17.9. The maximum Gasteiger partial charge on any atom is 0.284 e. The summed E-state index contributed by atoms with van der Waals surface area (Å²) in [5.41, 5.74) is 5.48. The van der Waals surface area contributed by atoms with Crippen LogP contribution in [0.2, 0.25) is 0 Å². The van der Waals surface area contributed by atoms with Crippen LogP contribution in [0.3, 0.4) is 0 Å². The van der Waals surface area contributed by atoms with Crippen molar-refractivity contribution in [3.8, 4) is 0 Å². The molecule has 2 heterocycles. The van der Waals surface area contributed by atoms with E-state index in [1.54, 1.807) is 29.3 Å². The Morgan fingerprint density at radius 1 is 0.757 bits per heavy atom. The van der Waals surface area contributed by atoms with Gasteiger partial charge in [0.25, 0.3) is 15.9 Å². The molecule has 0 bridgehead atoms. The van der Waals surface area contributed by atoms with Crippen LogP contribution in [0, 0.1) is 6.92 Å². The minimum absolute atomic E-state index is 0.0761. The van der Waals surface area contributed by atoms with Gasteiger partial charge in [-0.1, -0.05) is 103 Å². The van der Waals surface area contributed by atoms with Crippen LogP contribution in [0.4, 0.5) is 0 Å². The van der Waals surface area contributed by atoms with Gasteiger partial charge in [0.05, 0.1) is 16.6 Å². The number of benzene rings is 4. The van der Waals surface area contributed by atoms with E-state index in [1.165, 1.54) is 0 Å². The Kier molecular flexibility index (Phi) is 5.69. The van der Waals surface area contributed by atoms with E-state index in [2.05, 4.69) is 0 Å². The van der Waals surface area contributed by atoms with Crippen molar-refractivity contribution in [2.24, 2.45) is 0 Å². The quantitative estimate of drug-likeness (QED) is 0.332. The molecule has 1 fully saturated rings. The molecule has 2 aliphatic rings. The summed E-state index contributed by atoms with van der Waals surface area (Å²) in [6.45, 7) is 1.90. The summed E-state index contributed by atoms with van der Waals surface area (Å²) in [5.74, 6) is -0.682. The number of fused-ring (bicyclic) bond motifs is 3. The first-order valence-corrected chi connectivity index (χ1v) is 13.7. The summed E-state index contributed by atoms with van der Waals surface area (Å²) in [6.07, 6.45) is 2.06. The van der Waals surface area contributed by atoms with E-state index in [9.17, 15) is 13.2 Å². The Balaban J connectivity index is 1.61. The van der Waals surface area contributed by atoms with Gasteiger partial charge in [-0.3, -0.25) is 9.80 Å². The number of sulfonamides is 1. The molecule has 4 aromatic rings. The number of hydrazine groups is 1. The highest BCUT2D eigenvalue weighted by Gasteiger charge is 2.50. The van der Waals surface area contributed by atoms with E-state index >= 15 is 0 Å². The average molecular weight is 507 g/mol. The molecular weight excluding hydrogens is 480 g/mol. The number of amides is 1. The Hall–Kier alpha value is -4.16. The molecule has 0 N–H and O–H groups in total. The fourth-order valence-corrected chi connectivity index (χ4v) is 6.83. The van der Waals surface area contributed by atoms with Crippen LogP contribution in [0.5, 0.6) is 0 Å². The van der Waals surface area contributed by atoms with Gasteiger partial charge >= 0.3 is 0 Å². The van der Waals surface area contributed by atoms with E-state index < -0.39 is 22.0 Å². The summed E-state index contributed by atoms with van der Waals surface area (Å²) in [7, 11) is -4.18. The van der Waals surface area contributed by atoms with Gasteiger partial charge in [0.1, 0.15) is 0 Å². The standard InChI is InChI=1S/C31H26N2O3S/c1-22-16-18-26(19-17-22)37(35,36)33-30(34)21-28(23-10-4-2-5-11-23)31-27-15-9-8-14-25(27)20-29(32(31)33)24-12-6-3-7-13-24/h2-20,28,31H,21H2,1H3/t28-,31?/m1/s1. The second-order valence-electron chi connectivity index (χ2n) is 9.49. The number of hydrogen-bond acceptors (Lipinski definition) is 4. The molecular formula is C31H26N2O3S. The lowest BCUT2D eigenvalue weighted by Gasteiger charge is -2.51. The van der Waals surface area contributed by atoms with Crippen LogP contribution >= 0.6 is 0 Å². The largest absolute Gasteiger partial charge is 0.284 e. The monoisotopic (exact) mass is 506 g/mol. The molecule has 0 aromatic heterocycles. The van der Waals surface area contributed by atoms with Gasteiger partial charge in [-0.2, -0.15) is 8.42 Å². The molecule has 6 rings (SSSR count). The number of aryl methyl sites for hydroxylation is 1. The molecule has 4 aromatic carbocycles. The molecule has 0 spiro atoms. The molecule has 5 nitrogen and oxygen atoms in total. The van der Waals surface area contributed by atoms with Crippen molar-refractivity contribution < 1.29 is 13.2 Å². The third-order valence-electron chi connectivity index (χ3n) is 7.15. The molecule has 6 heteroatoms. The molecule has 2 aliphatic heterocycles. The number of carbonyl (C=O) groups excluding carboxylic acids is 1. The number of rotatable bonds is 4. The van der Waals surface area contributed by atoms with Crippen LogP contribution in [0.15, 0.2) is 114 Å². The Labute approximate surface area is 217 Å². The summed E-state index contributed by atoms with van der Waals surface area (Å²) in [6, 6.07) is 33.9. The van der Waals surface area contributed by atoms with Crippen LogP contribution in [-0.4, -0.2) is 23.7 Å². The van der Waals surface area contributed by atoms with Crippen molar-refractivity contribution in [1.29, 1.82) is 0 Å². The van der Waals surface area contributed by atoms with E-state index in [0.29, 0.717) is 5.70 Å². The van der Waals surface area contributed by atoms with Crippen molar-refractivity contribution in [1.82, 2.24) is 9.42 Å². The van der Waals surface area contributed by atoms with Gasteiger partial charge in [0, 0.05) is 12.3 Å². The van der Waals surface area contributed by atoms with E-state index in [1.807, 2.05) is 97.9 Å². The van der Waals surface area contributed by atoms with Crippen LogP contribution in [0.1, 0.15) is 46.2 Å².